The Labute approximate surface area is 183 Å². The van der Waals surface area contributed by atoms with E-state index in [0.29, 0.717) is 15.7 Å². The zero-order chi connectivity index (χ0) is 20.0. The van der Waals surface area contributed by atoms with Crippen molar-refractivity contribution in [2.75, 3.05) is 0 Å². The van der Waals surface area contributed by atoms with E-state index in [1.807, 2.05) is 29.5 Å². The van der Waals surface area contributed by atoms with Crippen molar-refractivity contribution in [1.29, 1.82) is 0 Å². The molecule has 0 saturated carbocycles. The molecular weight excluding hydrogens is 605 g/mol. The molecule has 0 aliphatic carbocycles. The van der Waals surface area contributed by atoms with Gasteiger partial charge in [-0.15, -0.1) is 0 Å². The molecule has 3 nitrogen and oxygen atoms in total. The van der Waals surface area contributed by atoms with Gasteiger partial charge in [0, 0.05) is 10.0 Å². The van der Waals surface area contributed by atoms with Gasteiger partial charge in [0.1, 0.15) is 3.70 Å². The lowest BCUT2D eigenvalue weighted by Crippen LogP contribution is -2.29. The third kappa shape index (κ3) is 4.14. The summed E-state index contributed by atoms with van der Waals surface area (Å²) in [6.45, 7) is 1.86. The average Bonchev–Trinajstić information content (AvgIpc) is 2.90. The number of hydrogen-bond donors (Lipinski definition) is 0. The maximum Gasteiger partial charge on any atom is 0.416 e. The van der Waals surface area contributed by atoms with Crippen LogP contribution in [0.4, 0.5) is 13.2 Å². The molecule has 2 aromatic carbocycles. The third-order valence-corrected chi connectivity index (χ3v) is 9.58. The number of alkyl halides is 3. The number of aryl methyl sites for hydroxylation is 1. The summed E-state index contributed by atoms with van der Waals surface area (Å²) in [5.74, 6) is 0. The predicted octanol–water partition coefficient (Wildman–Crippen LogP) is 6.19. The molecule has 1 unspecified atom stereocenters. The molecule has 0 fully saturated rings. The average molecular weight is 619 g/mol. The maximum absolute atomic E-state index is 13.2. The Hall–Kier alpha value is -0.820. The maximum atomic E-state index is 13.2. The van der Waals surface area contributed by atoms with E-state index in [-0.39, 0.29) is 4.90 Å². The van der Waals surface area contributed by atoms with Crippen LogP contribution in [0.2, 0.25) is 0 Å². The summed E-state index contributed by atoms with van der Waals surface area (Å²) in [6, 6.07) is 10.6. The van der Waals surface area contributed by atoms with Gasteiger partial charge in [0.15, 0.2) is 0 Å². The Bertz CT molecular complexity index is 985. The molecule has 0 N–H and O–H groups in total. The second-order valence-electron chi connectivity index (χ2n) is 6.15. The molecule has 0 amide bonds. The molecule has 1 atom stereocenters. The number of nitrogens with zero attached hydrogens (tertiary/aromatic N) is 1. The first-order valence-corrected chi connectivity index (χ1v) is 11.4. The van der Waals surface area contributed by atoms with Crippen molar-refractivity contribution >= 4 is 55.2 Å². The summed E-state index contributed by atoms with van der Waals surface area (Å²) in [6.07, 6.45) is -4.00. The van der Waals surface area contributed by atoms with Crippen LogP contribution in [-0.4, -0.2) is 12.7 Å². The summed E-state index contributed by atoms with van der Waals surface area (Å²) in [5, 5.41) is 0. The summed E-state index contributed by atoms with van der Waals surface area (Å²) < 4.78 is 67.6. The second kappa shape index (κ2) is 7.54. The highest BCUT2D eigenvalue weighted by atomic mass is 127. The number of hydrogen-bond acceptors (Lipinski definition) is 2. The van der Waals surface area contributed by atoms with E-state index in [2.05, 4.69) is 22.6 Å². The fourth-order valence-corrected chi connectivity index (χ4v) is 6.57. The first-order valence-electron chi connectivity index (χ1n) is 7.84. The third-order valence-electron chi connectivity index (χ3n) is 4.27. The first kappa shape index (κ1) is 20.9. The van der Waals surface area contributed by atoms with E-state index >= 15 is 0 Å². The van der Waals surface area contributed by atoms with E-state index in [4.69, 9.17) is 0 Å². The smallest absolute Gasteiger partial charge is 0.252 e. The van der Waals surface area contributed by atoms with Gasteiger partial charge in [-0.2, -0.15) is 13.2 Å². The van der Waals surface area contributed by atoms with E-state index in [1.54, 1.807) is 24.3 Å². The van der Waals surface area contributed by atoms with Gasteiger partial charge >= 0.3 is 6.18 Å². The monoisotopic (exact) mass is 619 g/mol. The quantitative estimate of drug-likeness (QED) is 0.304. The zero-order valence-corrected chi connectivity index (χ0v) is 19.1. The van der Waals surface area contributed by atoms with Gasteiger partial charge in [0.05, 0.1) is 16.5 Å². The SMILES string of the molecule is Cc1ccc(S(=O)(=O)N2C(I)=C(I)CC2c2ccc(C(F)(F)F)cc2)cc1. The molecule has 0 spiro atoms. The molecule has 1 aliphatic rings. The van der Waals surface area contributed by atoms with Crippen molar-refractivity contribution < 1.29 is 21.6 Å². The Balaban J connectivity index is 2.02. The standard InChI is InChI=1S/C18H14F3I2NO2S/c1-11-2-8-14(9-3-11)27(25,26)24-16(10-15(22)17(24)23)12-4-6-13(7-5-12)18(19,20)21/h2-9,16H,10H2,1H3. The van der Waals surface area contributed by atoms with Crippen molar-refractivity contribution in [3.63, 3.8) is 0 Å². The minimum atomic E-state index is -4.43. The minimum Gasteiger partial charge on any atom is -0.252 e. The Morgan fingerprint density at radius 1 is 1.00 bits per heavy atom. The summed E-state index contributed by atoms with van der Waals surface area (Å²) in [5.41, 5.74) is 0.712. The number of halogens is 5. The zero-order valence-electron chi connectivity index (χ0n) is 14.0. The molecule has 9 heteroatoms. The first-order chi connectivity index (χ1) is 12.5. The molecule has 0 bridgehead atoms. The summed E-state index contributed by atoms with van der Waals surface area (Å²) in [7, 11) is -3.83. The van der Waals surface area contributed by atoms with E-state index in [9.17, 15) is 21.6 Å². The largest absolute Gasteiger partial charge is 0.416 e. The highest BCUT2D eigenvalue weighted by Gasteiger charge is 2.40. The van der Waals surface area contributed by atoms with Crippen LogP contribution >= 0.6 is 45.2 Å². The number of sulfonamides is 1. The van der Waals surface area contributed by atoms with Crippen LogP contribution in [-0.2, 0) is 16.2 Å². The second-order valence-corrected chi connectivity index (χ2v) is 10.3. The highest BCUT2D eigenvalue weighted by Crippen LogP contribution is 2.47. The van der Waals surface area contributed by atoms with Gasteiger partial charge in [0.25, 0.3) is 10.0 Å². The fourth-order valence-electron chi connectivity index (χ4n) is 2.84. The van der Waals surface area contributed by atoms with Gasteiger partial charge in [-0.3, -0.25) is 4.31 Å². The molecule has 144 valence electrons. The summed E-state index contributed by atoms with van der Waals surface area (Å²) >= 11 is 4.06. The molecule has 2 aromatic rings. The van der Waals surface area contributed by atoms with Crippen LogP contribution in [0.1, 0.15) is 29.2 Å². The van der Waals surface area contributed by atoms with E-state index < -0.39 is 27.8 Å². The molecule has 3 rings (SSSR count). The Morgan fingerprint density at radius 3 is 2.07 bits per heavy atom. The molecule has 27 heavy (non-hydrogen) atoms. The van der Waals surface area contributed by atoms with Crippen molar-refractivity contribution in [3.05, 3.63) is 72.5 Å². The van der Waals surface area contributed by atoms with Crippen molar-refractivity contribution in [2.24, 2.45) is 0 Å². The van der Waals surface area contributed by atoms with E-state index in [0.717, 1.165) is 21.3 Å². The fraction of sp³-hybridized carbons (Fsp3) is 0.222. The van der Waals surface area contributed by atoms with Crippen LogP contribution in [0.15, 0.2) is 60.7 Å². The van der Waals surface area contributed by atoms with Crippen molar-refractivity contribution in [2.45, 2.75) is 30.5 Å². The Morgan fingerprint density at radius 2 is 1.56 bits per heavy atom. The molecule has 0 saturated heterocycles. The summed E-state index contributed by atoms with van der Waals surface area (Å²) in [4.78, 5) is 0.158. The van der Waals surface area contributed by atoms with E-state index in [1.165, 1.54) is 16.4 Å². The van der Waals surface area contributed by atoms with Gasteiger partial charge in [-0.05, 0) is 81.9 Å². The Kier molecular flexibility index (Phi) is 5.84. The lowest BCUT2D eigenvalue weighted by Gasteiger charge is -2.27. The molecule has 1 heterocycles. The molecule has 0 radical (unpaired) electrons. The van der Waals surface area contributed by atoms with Crippen LogP contribution < -0.4 is 0 Å². The molecule has 1 aliphatic heterocycles. The normalized spacial score (nSPS) is 18.3. The number of rotatable bonds is 3. The van der Waals surface area contributed by atoms with Crippen molar-refractivity contribution in [1.82, 2.24) is 4.31 Å². The topological polar surface area (TPSA) is 37.4 Å². The highest BCUT2D eigenvalue weighted by molar-refractivity contribution is 14.1. The van der Waals surface area contributed by atoms with Gasteiger partial charge in [0.2, 0.25) is 0 Å². The van der Waals surface area contributed by atoms with Gasteiger partial charge < -0.3 is 0 Å². The van der Waals surface area contributed by atoms with Crippen molar-refractivity contribution in [3.8, 4) is 0 Å². The number of benzene rings is 2. The lowest BCUT2D eigenvalue weighted by atomic mass is 10.0. The van der Waals surface area contributed by atoms with Gasteiger partial charge in [-0.1, -0.05) is 29.8 Å². The molecular formula is C18H14F3I2NO2S. The van der Waals surface area contributed by atoms with Crippen LogP contribution in [0.3, 0.4) is 0 Å². The predicted molar refractivity (Wildman–Crippen MR) is 114 cm³/mol. The lowest BCUT2D eigenvalue weighted by molar-refractivity contribution is -0.137. The van der Waals surface area contributed by atoms with Crippen LogP contribution in [0, 0.1) is 6.92 Å². The molecule has 0 aromatic heterocycles. The van der Waals surface area contributed by atoms with Crippen LogP contribution in [0.5, 0.6) is 0 Å². The van der Waals surface area contributed by atoms with Gasteiger partial charge in [-0.25, -0.2) is 8.42 Å². The van der Waals surface area contributed by atoms with Crippen LogP contribution in [0.25, 0.3) is 0 Å². The minimum absolute atomic E-state index is 0.158.